The van der Waals surface area contributed by atoms with E-state index in [0.29, 0.717) is 6.10 Å². The number of benzene rings is 2. The van der Waals surface area contributed by atoms with Gasteiger partial charge < -0.3 is 14.6 Å². The van der Waals surface area contributed by atoms with E-state index in [2.05, 4.69) is 71.5 Å². The average molecular weight is 334 g/mol. The summed E-state index contributed by atoms with van der Waals surface area (Å²) in [6.45, 7) is 5.85. The molecule has 2 heterocycles. The van der Waals surface area contributed by atoms with Gasteiger partial charge in [-0.2, -0.15) is 0 Å². The first kappa shape index (κ1) is 16.4. The summed E-state index contributed by atoms with van der Waals surface area (Å²) in [5, 5.41) is 4.93. The van der Waals surface area contributed by atoms with E-state index in [-0.39, 0.29) is 0 Å². The van der Waals surface area contributed by atoms with Gasteiger partial charge in [-0.25, -0.2) is 0 Å². The molecule has 0 aliphatic carbocycles. The third kappa shape index (κ3) is 3.63. The number of nitrogens with zero attached hydrogens (tertiary/aromatic N) is 1. The molecule has 0 unspecified atom stereocenters. The van der Waals surface area contributed by atoms with Gasteiger partial charge in [0.15, 0.2) is 0 Å². The largest absolute Gasteiger partial charge is 0.377 e. The second-order valence-corrected chi connectivity index (χ2v) is 6.99. The first-order valence-electron chi connectivity index (χ1n) is 9.25. The van der Waals surface area contributed by atoms with Crippen molar-refractivity contribution in [1.29, 1.82) is 0 Å². The van der Waals surface area contributed by atoms with E-state index in [1.54, 1.807) is 0 Å². The molecule has 1 aliphatic rings. The van der Waals surface area contributed by atoms with Crippen LogP contribution in [-0.4, -0.2) is 23.8 Å². The number of fused-ring (bicyclic) bond motifs is 1. The zero-order valence-electron chi connectivity index (χ0n) is 14.9. The number of aromatic nitrogens is 1. The third-order valence-corrected chi connectivity index (χ3v) is 5.18. The Morgan fingerprint density at radius 3 is 2.76 bits per heavy atom. The first-order valence-corrected chi connectivity index (χ1v) is 9.25. The predicted molar refractivity (Wildman–Crippen MR) is 103 cm³/mol. The van der Waals surface area contributed by atoms with E-state index in [1.807, 2.05) is 0 Å². The lowest BCUT2D eigenvalue weighted by molar-refractivity contribution is 0.110. The lowest BCUT2D eigenvalue weighted by Gasteiger charge is -2.10. The van der Waals surface area contributed by atoms with Gasteiger partial charge in [-0.3, -0.25) is 0 Å². The molecule has 25 heavy (non-hydrogen) atoms. The second kappa shape index (κ2) is 7.42. The number of ether oxygens (including phenoxy) is 1. The summed E-state index contributed by atoms with van der Waals surface area (Å²) in [6, 6.07) is 17.3. The molecule has 3 heteroatoms. The summed E-state index contributed by atoms with van der Waals surface area (Å²) in [6.07, 6.45) is 5.07. The molecule has 1 aromatic heterocycles. The van der Waals surface area contributed by atoms with Crippen LogP contribution in [0.4, 0.5) is 0 Å². The Morgan fingerprint density at radius 1 is 1.08 bits per heavy atom. The van der Waals surface area contributed by atoms with Gasteiger partial charge in [0.1, 0.15) is 0 Å². The standard InChI is InChI=1S/C22H26N2O/c1-17-7-2-3-8-18(17)15-24-16-19(21-10-4-5-11-22(21)24)13-23-14-20-9-6-12-25-20/h2-5,7-8,10-11,16,20,23H,6,9,12-15H2,1H3/t20-/m0/s1. The van der Waals surface area contributed by atoms with Gasteiger partial charge in [-0.15, -0.1) is 0 Å². The molecule has 3 nitrogen and oxygen atoms in total. The lowest BCUT2D eigenvalue weighted by Crippen LogP contribution is -2.25. The minimum Gasteiger partial charge on any atom is -0.377 e. The SMILES string of the molecule is Cc1ccccc1Cn1cc(CNC[C@@H]2CCCO2)c2ccccc21. The normalized spacial score (nSPS) is 17.4. The van der Waals surface area contributed by atoms with Crippen molar-refractivity contribution in [2.75, 3.05) is 13.2 Å². The van der Waals surface area contributed by atoms with Crippen molar-refractivity contribution in [3.63, 3.8) is 0 Å². The van der Waals surface area contributed by atoms with Gasteiger partial charge in [0.05, 0.1) is 6.10 Å². The highest BCUT2D eigenvalue weighted by Gasteiger charge is 2.15. The Labute approximate surface area is 149 Å². The van der Waals surface area contributed by atoms with Crippen molar-refractivity contribution in [3.05, 3.63) is 71.4 Å². The fraction of sp³-hybridized carbons (Fsp3) is 0.364. The molecule has 1 N–H and O–H groups in total. The number of hydrogen-bond acceptors (Lipinski definition) is 2. The highest BCUT2D eigenvalue weighted by Crippen LogP contribution is 2.23. The van der Waals surface area contributed by atoms with E-state index in [0.717, 1.165) is 26.2 Å². The molecule has 1 aliphatic heterocycles. The smallest absolute Gasteiger partial charge is 0.0700 e. The van der Waals surface area contributed by atoms with Crippen molar-refractivity contribution >= 4 is 10.9 Å². The van der Waals surface area contributed by atoms with Crippen LogP contribution < -0.4 is 5.32 Å². The quantitative estimate of drug-likeness (QED) is 0.729. The van der Waals surface area contributed by atoms with Crippen molar-refractivity contribution in [3.8, 4) is 0 Å². The summed E-state index contributed by atoms with van der Waals surface area (Å²) in [4.78, 5) is 0. The van der Waals surface area contributed by atoms with Crippen LogP contribution in [0.1, 0.15) is 29.5 Å². The molecule has 0 amide bonds. The fourth-order valence-corrected chi connectivity index (χ4v) is 3.74. The zero-order valence-corrected chi connectivity index (χ0v) is 14.9. The van der Waals surface area contributed by atoms with Gasteiger partial charge in [0, 0.05) is 43.3 Å². The molecule has 0 saturated carbocycles. The van der Waals surface area contributed by atoms with Crippen molar-refractivity contribution in [2.45, 2.75) is 39.0 Å². The van der Waals surface area contributed by atoms with Gasteiger partial charge in [0.2, 0.25) is 0 Å². The summed E-state index contributed by atoms with van der Waals surface area (Å²) >= 11 is 0. The Balaban J connectivity index is 1.54. The van der Waals surface area contributed by atoms with E-state index in [4.69, 9.17) is 4.74 Å². The number of para-hydroxylation sites is 1. The first-order chi connectivity index (χ1) is 12.3. The van der Waals surface area contributed by atoms with Gasteiger partial charge in [-0.05, 0) is 42.5 Å². The molecule has 3 aromatic rings. The topological polar surface area (TPSA) is 26.2 Å². The maximum atomic E-state index is 5.71. The maximum absolute atomic E-state index is 5.71. The lowest BCUT2D eigenvalue weighted by atomic mass is 10.1. The van der Waals surface area contributed by atoms with E-state index < -0.39 is 0 Å². The third-order valence-electron chi connectivity index (χ3n) is 5.18. The minimum absolute atomic E-state index is 0.389. The van der Waals surface area contributed by atoms with Crippen LogP contribution in [0.15, 0.2) is 54.7 Å². The minimum atomic E-state index is 0.389. The van der Waals surface area contributed by atoms with E-state index >= 15 is 0 Å². The monoisotopic (exact) mass is 334 g/mol. The molecule has 1 saturated heterocycles. The highest BCUT2D eigenvalue weighted by molar-refractivity contribution is 5.84. The molecule has 0 bridgehead atoms. The maximum Gasteiger partial charge on any atom is 0.0700 e. The molecular weight excluding hydrogens is 308 g/mol. The average Bonchev–Trinajstić information content (AvgIpc) is 3.26. The Hall–Kier alpha value is -2.10. The number of nitrogens with one attached hydrogen (secondary N) is 1. The van der Waals surface area contributed by atoms with Crippen LogP contribution in [0.2, 0.25) is 0 Å². The molecule has 130 valence electrons. The summed E-state index contributed by atoms with van der Waals surface area (Å²) in [5.41, 5.74) is 5.39. The summed E-state index contributed by atoms with van der Waals surface area (Å²) in [5.74, 6) is 0. The molecule has 1 fully saturated rings. The molecular formula is C22H26N2O. The van der Waals surface area contributed by atoms with Crippen molar-refractivity contribution in [1.82, 2.24) is 9.88 Å². The molecule has 4 rings (SSSR count). The second-order valence-electron chi connectivity index (χ2n) is 6.99. The Bertz CT molecular complexity index is 846. The summed E-state index contributed by atoms with van der Waals surface area (Å²) in [7, 11) is 0. The van der Waals surface area contributed by atoms with Crippen molar-refractivity contribution in [2.24, 2.45) is 0 Å². The van der Waals surface area contributed by atoms with E-state index in [1.165, 1.54) is 40.4 Å². The molecule has 0 radical (unpaired) electrons. The number of hydrogen-bond donors (Lipinski definition) is 1. The fourth-order valence-electron chi connectivity index (χ4n) is 3.74. The van der Waals surface area contributed by atoms with Crippen molar-refractivity contribution < 1.29 is 4.74 Å². The predicted octanol–water partition coefficient (Wildman–Crippen LogP) is 4.27. The van der Waals surface area contributed by atoms with Gasteiger partial charge in [-0.1, -0.05) is 42.5 Å². The van der Waals surface area contributed by atoms with Gasteiger partial charge in [0.25, 0.3) is 0 Å². The molecule has 0 spiro atoms. The summed E-state index contributed by atoms with van der Waals surface area (Å²) < 4.78 is 8.08. The molecule has 2 aromatic carbocycles. The van der Waals surface area contributed by atoms with Crippen LogP contribution >= 0.6 is 0 Å². The van der Waals surface area contributed by atoms with Crippen LogP contribution in [0.25, 0.3) is 10.9 Å². The van der Waals surface area contributed by atoms with Crippen LogP contribution in [0.5, 0.6) is 0 Å². The Morgan fingerprint density at radius 2 is 1.92 bits per heavy atom. The van der Waals surface area contributed by atoms with E-state index in [9.17, 15) is 0 Å². The zero-order chi connectivity index (χ0) is 17.1. The van der Waals surface area contributed by atoms with Crippen LogP contribution in [-0.2, 0) is 17.8 Å². The van der Waals surface area contributed by atoms with Gasteiger partial charge >= 0.3 is 0 Å². The number of aryl methyl sites for hydroxylation is 1. The van der Waals surface area contributed by atoms with Crippen LogP contribution in [0.3, 0.4) is 0 Å². The number of rotatable bonds is 6. The molecule has 1 atom stereocenters. The Kier molecular flexibility index (Phi) is 4.86. The highest BCUT2D eigenvalue weighted by atomic mass is 16.5. The van der Waals surface area contributed by atoms with Crippen LogP contribution in [0, 0.1) is 6.92 Å².